The molecule has 0 radical (unpaired) electrons. The number of halogens is 4. The number of nitrogens with zero attached hydrogens (tertiary/aromatic N) is 1. The van der Waals surface area contributed by atoms with Gasteiger partial charge >= 0.3 is 0 Å². The fourth-order valence-electron chi connectivity index (χ4n) is 1.14. The van der Waals surface area contributed by atoms with Crippen LogP contribution in [0.25, 0.3) is 0 Å². The van der Waals surface area contributed by atoms with Crippen LogP contribution in [0.1, 0.15) is 0 Å². The van der Waals surface area contributed by atoms with E-state index in [4.69, 9.17) is 11.6 Å². The quantitative estimate of drug-likeness (QED) is 0.810. The van der Waals surface area contributed by atoms with E-state index in [1.54, 1.807) is 0 Å². The first kappa shape index (κ1) is 12.3. The summed E-state index contributed by atoms with van der Waals surface area (Å²) in [6, 6.07) is 4.01. The molecule has 0 spiro atoms. The van der Waals surface area contributed by atoms with Gasteiger partial charge in [-0.3, -0.25) is 0 Å². The van der Waals surface area contributed by atoms with E-state index in [2.05, 4.69) is 4.98 Å². The lowest BCUT2D eigenvalue weighted by Crippen LogP contribution is -1.89. The Morgan fingerprint density at radius 1 is 1.06 bits per heavy atom. The molecule has 0 aliphatic heterocycles. The van der Waals surface area contributed by atoms with Gasteiger partial charge in [-0.2, -0.15) is 0 Å². The summed E-state index contributed by atoms with van der Waals surface area (Å²) in [5.41, 5.74) is 0. The Hall–Kier alpha value is -1.20. The van der Waals surface area contributed by atoms with Gasteiger partial charge in [0.25, 0.3) is 0 Å². The zero-order valence-corrected chi connectivity index (χ0v) is 9.83. The number of benzene rings is 1. The zero-order valence-electron chi connectivity index (χ0n) is 8.25. The van der Waals surface area contributed by atoms with Crippen LogP contribution in [-0.2, 0) is 0 Å². The van der Waals surface area contributed by atoms with Gasteiger partial charge in [0.05, 0.1) is 9.92 Å². The van der Waals surface area contributed by atoms with E-state index in [1.807, 2.05) is 0 Å². The maximum atomic E-state index is 13.4. The van der Waals surface area contributed by atoms with Crippen molar-refractivity contribution in [2.24, 2.45) is 0 Å². The highest BCUT2D eigenvalue weighted by Crippen LogP contribution is 2.31. The van der Waals surface area contributed by atoms with Crippen molar-refractivity contribution in [3.05, 3.63) is 52.9 Å². The number of hydrogen-bond donors (Lipinski definition) is 0. The summed E-state index contributed by atoms with van der Waals surface area (Å²) in [6.07, 6.45) is 1.24. The molecule has 0 saturated carbocycles. The summed E-state index contributed by atoms with van der Waals surface area (Å²) in [6.45, 7) is 0. The number of pyridine rings is 1. The van der Waals surface area contributed by atoms with Crippen LogP contribution in [0.15, 0.2) is 40.4 Å². The van der Waals surface area contributed by atoms with Gasteiger partial charge < -0.3 is 0 Å². The molecule has 0 amide bonds. The predicted molar refractivity (Wildman–Crippen MR) is 59.7 cm³/mol. The molecule has 17 heavy (non-hydrogen) atoms. The molecule has 2 rings (SSSR count). The zero-order chi connectivity index (χ0) is 12.4. The molecule has 1 aromatic heterocycles. The highest BCUT2D eigenvalue weighted by molar-refractivity contribution is 7.99. The van der Waals surface area contributed by atoms with Crippen LogP contribution in [0, 0.1) is 17.5 Å². The Morgan fingerprint density at radius 3 is 2.53 bits per heavy atom. The van der Waals surface area contributed by atoms with Crippen LogP contribution in [0.3, 0.4) is 0 Å². The molecule has 1 aromatic carbocycles. The highest BCUT2D eigenvalue weighted by atomic mass is 35.5. The van der Waals surface area contributed by atoms with Crippen molar-refractivity contribution in [3.8, 4) is 0 Å². The molecule has 1 heterocycles. The van der Waals surface area contributed by atoms with Crippen molar-refractivity contribution in [1.82, 2.24) is 4.98 Å². The van der Waals surface area contributed by atoms with E-state index in [-0.39, 0.29) is 14.9 Å². The Morgan fingerprint density at radius 2 is 1.82 bits per heavy atom. The van der Waals surface area contributed by atoms with Crippen LogP contribution in [0.2, 0.25) is 5.02 Å². The van der Waals surface area contributed by atoms with Gasteiger partial charge in [-0.15, -0.1) is 0 Å². The third-order valence-corrected chi connectivity index (χ3v) is 3.11. The van der Waals surface area contributed by atoms with Crippen molar-refractivity contribution in [2.45, 2.75) is 9.92 Å². The molecule has 0 aliphatic carbocycles. The molecule has 2 aromatic rings. The van der Waals surface area contributed by atoms with E-state index >= 15 is 0 Å². The number of hydrogen-bond acceptors (Lipinski definition) is 2. The van der Waals surface area contributed by atoms with Crippen molar-refractivity contribution >= 4 is 23.4 Å². The lowest BCUT2D eigenvalue weighted by molar-refractivity contribution is 0.573. The van der Waals surface area contributed by atoms with Crippen LogP contribution in [0.4, 0.5) is 13.2 Å². The second-order valence-corrected chi connectivity index (χ2v) is 4.58. The molecule has 0 bridgehead atoms. The standard InChI is InChI=1S/C11H5ClF3NS/c12-6-3-9(15)11(16-5-6)17-10-4-7(13)1-2-8(10)14/h1-5H. The average Bonchev–Trinajstić information content (AvgIpc) is 2.27. The molecule has 0 saturated heterocycles. The van der Waals surface area contributed by atoms with Gasteiger partial charge in [0.1, 0.15) is 16.7 Å². The predicted octanol–water partition coefficient (Wildman–Crippen LogP) is 4.30. The largest absolute Gasteiger partial charge is 0.245 e. The maximum Gasteiger partial charge on any atom is 0.157 e. The molecule has 0 aliphatic rings. The molecule has 0 N–H and O–H groups in total. The first-order chi connectivity index (χ1) is 8.06. The van der Waals surface area contributed by atoms with Gasteiger partial charge in [0.2, 0.25) is 0 Å². The smallest absolute Gasteiger partial charge is 0.157 e. The summed E-state index contributed by atoms with van der Waals surface area (Å²) < 4.78 is 39.6. The molecular weight excluding hydrogens is 271 g/mol. The first-order valence-electron chi connectivity index (χ1n) is 4.50. The van der Waals surface area contributed by atoms with Gasteiger partial charge in [0.15, 0.2) is 5.82 Å². The van der Waals surface area contributed by atoms with Gasteiger partial charge in [-0.25, -0.2) is 18.2 Å². The first-order valence-corrected chi connectivity index (χ1v) is 5.69. The topological polar surface area (TPSA) is 12.9 Å². The third-order valence-electron chi connectivity index (χ3n) is 1.87. The van der Waals surface area contributed by atoms with E-state index in [1.165, 1.54) is 6.20 Å². The summed E-state index contributed by atoms with van der Waals surface area (Å²) >= 11 is 6.23. The number of aromatic nitrogens is 1. The molecule has 1 nitrogen and oxygen atoms in total. The molecular formula is C11H5ClF3NS. The SMILES string of the molecule is Fc1ccc(F)c(Sc2ncc(Cl)cc2F)c1. The Balaban J connectivity index is 2.34. The highest BCUT2D eigenvalue weighted by Gasteiger charge is 2.11. The minimum absolute atomic E-state index is 0.0290. The fraction of sp³-hybridized carbons (Fsp3) is 0. The lowest BCUT2D eigenvalue weighted by Gasteiger charge is -2.03. The molecule has 88 valence electrons. The molecule has 0 unspecified atom stereocenters. The van der Waals surface area contributed by atoms with Crippen molar-refractivity contribution in [1.29, 1.82) is 0 Å². The summed E-state index contributed by atoms with van der Waals surface area (Å²) in [7, 11) is 0. The van der Waals surface area contributed by atoms with E-state index in [0.717, 1.165) is 24.3 Å². The van der Waals surface area contributed by atoms with E-state index in [9.17, 15) is 13.2 Å². The van der Waals surface area contributed by atoms with Gasteiger partial charge in [-0.05, 0) is 24.3 Å². The average molecular weight is 276 g/mol. The third kappa shape index (κ3) is 2.92. The minimum atomic E-state index is -0.675. The molecule has 6 heteroatoms. The second-order valence-electron chi connectivity index (χ2n) is 3.12. The van der Waals surface area contributed by atoms with Crippen molar-refractivity contribution in [2.75, 3.05) is 0 Å². The summed E-state index contributed by atoms with van der Waals surface area (Å²) in [4.78, 5) is 3.68. The van der Waals surface area contributed by atoms with Gasteiger partial charge in [-0.1, -0.05) is 23.4 Å². The minimum Gasteiger partial charge on any atom is -0.245 e. The summed E-state index contributed by atoms with van der Waals surface area (Å²) in [5, 5.41) is 0.0884. The molecule has 0 atom stereocenters. The fourth-order valence-corrected chi connectivity index (χ4v) is 2.09. The van der Waals surface area contributed by atoms with E-state index < -0.39 is 17.5 Å². The van der Waals surface area contributed by atoms with Crippen LogP contribution < -0.4 is 0 Å². The van der Waals surface area contributed by atoms with Crippen LogP contribution >= 0.6 is 23.4 Å². The monoisotopic (exact) mass is 275 g/mol. The van der Waals surface area contributed by atoms with Crippen LogP contribution in [0.5, 0.6) is 0 Å². The normalized spacial score (nSPS) is 10.6. The second kappa shape index (κ2) is 4.98. The van der Waals surface area contributed by atoms with Crippen molar-refractivity contribution in [3.63, 3.8) is 0 Å². The van der Waals surface area contributed by atoms with Crippen molar-refractivity contribution < 1.29 is 13.2 Å². The lowest BCUT2D eigenvalue weighted by atomic mass is 10.3. The Labute approximate surface area is 105 Å². The Kier molecular flexibility index (Phi) is 3.59. The number of rotatable bonds is 2. The Bertz CT molecular complexity index is 562. The molecule has 0 fully saturated rings. The van der Waals surface area contributed by atoms with E-state index in [0.29, 0.717) is 11.8 Å². The summed E-state index contributed by atoms with van der Waals surface area (Å²) in [5.74, 6) is -1.90. The van der Waals surface area contributed by atoms with Gasteiger partial charge in [0, 0.05) is 6.20 Å². The maximum absolute atomic E-state index is 13.4. The van der Waals surface area contributed by atoms with Crippen LogP contribution in [-0.4, -0.2) is 4.98 Å².